The van der Waals surface area contributed by atoms with E-state index in [9.17, 15) is 9.59 Å². The van der Waals surface area contributed by atoms with Gasteiger partial charge in [0.2, 0.25) is 5.91 Å². The second kappa shape index (κ2) is 4.00. The zero-order valence-corrected chi connectivity index (χ0v) is 6.00. The fourth-order valence-corrected chi connectivity index (χ4v) is 0.503. The van der Waals surface area contributed by atoms with E-state index in [0.717, 1.165) is 0 Å². The number of hydrogen-bond acceptors (Lipinski definition) is 3. The van der Waals surface area contributed by atoms with Crippen LogP contribution in [0.15, 0.2) is 0 Å². The fourth-order valence-electron chi connectivity index (χ4n) is 0.503. The molecule has 0 aliphatic rings. The lowest BCUT2D eigenvalue weighted by Crippen LogP contribution is -2.42. The van der Waals surface area contributed by atoms with Gasteiger partial charge in [-0.05, 0) is 6.92 Å². The molecule has 0 aliphatic carbocycles. The molecule has 4 heteroatoms. The van der Waals surface area contributed by atoms with Crippen LogP contribution in [-0.2, 0) is 9.59 Å². The van der Waals surface area contributed by atoms with E-state index in [2.05, 4.69) is 5.32 Å². The van der Waals surface area contributed by atoms with Crippen molar-refractivity contribution in [3.05, 3.63) is 0 Å². The van der Waals surface area contributed by atoms with Crippen LogP contribution in [0.4, 0.5) is 0 Å². The fraction of sp³-hybridized carbons (Fsp3) is 0.667. The van der Waals surface area contributed by atoms with Gasteiger partial charge in [0.15, 0.2) is 0 Å². The molecule has 2 atom stereocenters. The molecule has 0 saturated carbocycles. The number of rotatable bonds is 3. The maximum atomic E-state index is 10.3. The van der Waals surface area contributed by atoms with Crippen LogP contribution in [0.1, 0.15) is 13.8 Å². The van der Waals surface area contributed by atoms with Crippen LogP contribution in [0.2, 0.25) is 0 Å². The number of aldehydes is 1. The number of aliphatic hydroxyl groups is 1. The van der Waals surface area contributed by atoms with E-state index < -0.39 is 12.1 Å². The normalized spacial score (nSPS) is 15.5. The summed E-state index contributed by atoms with van der Waals surface area (Å²) in [5.41, 5.74) is 0. The summed E-state index contributed by atoms with van der Waals surface area (Å²) >= 11 is 0. The summed E-state index contributed by atoms with van der Waals surface area (Å²) in [5, 5.41) is 11.1. The van der Waals surface area contributed by atoms with E-state index in [1.165, 1.54) is 13.8 Å². The highest BCUT2D eigenvalue weighted by Gasteiger charge is 2.13. The van der Waals surface area contributed by atoms with Crippen LogP contribution in [0.25, 0.3) is 0 Å². The van der Waals surface area contributed by atoms with Gasteiger partial charge in [-0.25, -0.2) is 0 Å². The van der Waals surface area contributed by atoms with Gasteiger partial charge in [0.05, 0.1) is 6.10 Å². The van der Waals surface area contributed by atoms with E-state index in [-0.39, 0.29) is 5.91 Å². The minimum atomic E-state index is -0.832. The third kappa shape index (κ3) is 3.19. The summed E-state index contributed by atoms with van der Waals surface area (Å²) in [5.74, 6) is -0.321. The van der Waals surface area contributed by atoms with Crippen molar-refractivity contribution in [1.29, 1.82) is 0 Å². The van der Waals surface area contributed by atoms with Gasteiger partial charge in [-0.2, -0.15) is 0 Å². The Labute approximate surface area is 59.2 Å². The van der Waals surface area contributed by atoms with E-state index >= 15 is 0 Å². The van der Waals surface area contributed by atoms with E-state index in [4.69, 9.17) is 5.11 Å². The molecular formula is C6H11NO3. The van der Waals surface area contributed by atoms with Gasteiger partial charge in [-0.3, -0.25) is 4.79 Å². The third-order valence-corrected chi connectivity index (χ3v) is 1.04. The molecule has 58 valence electrons. The SMILES string of the molecule is CC(=O)N[C@@H](C=O)[C@H](C)O. The van der Waals surface area contributed by atoms with Crippen LogP contribution in [0, 0.1) is 0 Å². The lowest BCUT2D eigenvalue weighted by molar-refractivity contribution is -0.123. The quantitative estimate of drug-likeness (QED) is 0.504. The van der Waals surface area contributed by atoms with Crippen molar-refractivity contribution in [2.45, 2.75) is 26.0 Å². The van der Waals surface area contributed by atoms with E-state index in [1.807, 2.05) is 0 Å². The van der Waals surface area contributed by atoms with Crippen molar-refractivity contribution in [2.75, 3.05) is 0 Å². The number of hydrogen-bond donors (Lipinski definition) is 2. The molecule has 0 bridgehead atoms. The molecule has 0 aromatic carbocycles. The molecule has 0 aromatic heterocycles. The zero-order valence-electron chi connectivity index (χ0n) is 6.00. The molecular weight excluding hydrogens is 134 g/mol. The van der Waals surface area contributed by atoms with Crippen molar-refractivity contribution in [3.8, 4) is 0 Å². The summed E-state index contributed by atoms with van der Waals surface area (Å²) in [7, 11) is 0. The zero-order chi connectivity index (χ0) is 8.15. The van der Waals surface area contributed by atoms with Crippen LogP contribution >= 0.6 is 0 Å². The highest BCUT2D eigenvalue weighted by Crippen LogP contribution is 1.87. The Hall–Kier alpha value is -0.900. The Morgan fingerprint density at radius 3 is 2.30 bits per heavy atom. The summed E-state index contributed by atoms with van der Waals surface area (Å²) in [6.45, 7) is 2.73. The van der Waals surface area contributed by atoms with Gasteiger partial charge < -0.3 is 15.2 Å². The predicted molar refractivity (Wildman–Crippen MR) is 35.3 cm³/mol. The Morgan fingerprint density at radius 2 is 2.20 bits per heavy atom. The first-order valence-electron chi connectivity index (χ1n) is 2.98. The van der Waals surface area contributed by atoms with Gasteiger partial charge in [0, 0.05) is 6.92 Å². The lowest BCUT2D eigenvalue weighted by Gasteiger charge is -2.12. The average Bonchev–Trinajstić information content (AvgIpc) is 1.81. The van der Waals surface area contributed by atoms with Crippen molar-refractivity contribution in [1.82, 2.24) is 5.32 Å². The third-order valence-electron chi connectivity index (χ3n) is 1.04. The second-order valence-electron chi connectivity index (χ2n) is 2.10. The van der Waals surface area contributed by atoms with Crippen molar-refractivity contribution >= 4 is 12.2 Å². The summed E-state index contributed by atoms with van der Waals surface area (Å²) in [6.07, 6.45) is -0.326. The first-order chi connectivity index (χ1) is 4.57. The molecule has 0 aliphatic heterocycles. The Kier molecular flexibility index (Phi) is 3.64. The minimum Gasteiger partial charge on any atom is -0.391 e. The molecule has 2 N–H and O–H groups in total. The van der Waals surface area contributed by atoms with Crippen LogP contribution in [-0.4, -0.2) is 29.4 Å². The highest BCUT2D eigenvalue weighted by atomic mass is 16.3. The average molecular weight is 145 g/mol. The number of nitrogens with one attached hydrogen (secondary N) is 1. The molecule has 0 radical (unpaired) electrons. The largest absolute Gasteiger partial charge is 0.391 e. The Balaban J connectivity index is 3.83. The molecule has 0 spiro atoms. The van der Waals surface area contributed by atoms with Gasteiger partial charge in [0.1, 0.15) is 12.3 Å². The molecule has 0 aromatic rings. The molecule has 0 fully saturated rings. The number of carbonyl (C=O) groups is 2. The van der Waals surface area contributed by atoms with Gasteiger partial charge in [0.25, 0.3) is 0 Å². The van der Waals surface area contributed by atoms with Crippen LogP contribution in [0.5, 0.6) is 0 Å². The molecule has 0 rings (SSSR count). The highest BCUT2D eigenvalue weighted by molar-refractivity contribution is 5.77. The van der Waals surface area contributed by atoms with Gasteiger partial charge >= 0.3 is 0 Å². The van der Waals surface area contributed by atoms with Crippen LogP contribution in [0.3, 0.4) is 0 Å². The summed E-state index contributed by atoms with van der Waals surface area (Å²) in [6, 6.07) is -0.780. The monoisotopic (exact) mass is 145 g/mol. The minimum absolute atomic E-state index is 0.321. The topological polar surface area (TPSA) is 66.4 Å². The number of carbonyl (C=O) groups excluding carboxylic acids is 2. The Bertz CT molecular complexity index is 133. The molecule has 1 amide bonds. The maximum absolute atomic E-state index is 10.3. The maximum Gasteiger partial charge on any atom is 0.217 e. The van der Waals surface area contributed by atoms with Crippen molar-refractivity contribution in [3.63, 3.8) is 0 Å². The standard InChI is InChI=1S/C6H11NO3/c1-4(9)6(3-8)7-5(2)10/h3-4,6,9H,1-2H3,(H,7,10)/t4-,6-/m0/s1. The molecule has 4 nitrogen and oxygen atoms in total. The van der Waals surface area contributed by atoms with E-state index in [0.29, 0.717) is 6.29 Å². The number of aliphatic hydroxyl groups excluding tert-OH is 1. The van der Waals surface area contributed by atoms with Crippen molar-refractivity contribution in [2.24, 2.45) is 0 Å². The predicted octanol–water partition coefficient (Wildman–Crippen LogP) is -0.929. The van der Waals surface area contributed by atoms with Gasteiger partial charge in [-0.15, -0.1) is 0 Å². The second-order valence-corrected chi connectivity index (χ2v) is 2.10. The number of amides is 1. The molecule has 0 heterocycles. The molecule has 10 heavy (non-hydrogen) atoms. The Morgan fingerprint density at radius 1 is 1.70 bits per heavy atom. The van der Waals surface area contributed by atoms with Crippen LogP contribution < -0.4 is 5.32 Å². The first-order valence-corrected chi connectivity index (χ1v) is 2.98. The van der Waals surface area contributed by atoms with E-state index in [1.54, 1.807) is 0 Å². The smallest absolute Gasteiger partial charge is 0.217 e. The lowest BCUT2D eigenvalue weighted by atomic mass is 10.2. The van der Waals surface area contributed by atoms with Gasteiger partial charge in [-0.1, -0.05) is 0 Å². The first kappa shape index (κ1) is 9.10. The summed E-state index contributed by atoms with van der Waals surface area (Å²) < 4.78 is 0. The van der Waals surface area contributed by atoms with Crippen molar-refractivity contribution < 1.29 is 14.7 Å². The summed E-state index contributed by atoms with van der Waals surface area (Å²) in [4.78, 5) is 20.4. The molecule has 0 unspecified atom stereocenters. The molecule has 0 saturated heterocycles.